The van der Waals surface area contributed by atoms with Crippen LogP contribution in [0.4, 0.5) is 11.4 Å². The van der Waals surface area contributed by atoms with Crippen molar-refractivity contribution < 1.29 is 52.5 Å². The number of azo groups is 1. The molecule has 1 aliphatic rings. The molecule has 0 spiro atoms. The van der Waals surface area contributed by atoms with Crippen molar-refractivity contribution in [3.8, 4) is 23.0 Å². The molecule has 2 aromatic carbocycles. The first-order valence-corrected chi connectivity index (χ1v) is 19.7. The quantitative estimate of drug-likeness (QED) is 0.109. The number of nitrogens with zero attached hydrogens (tertiary/aromatic N) is 2. The standard InChI is InChI=1S/C42H68N2O11/c1-9-13-46-15-16-47-20-22-53-38-25-35(23-33(26-45)39(38)55-32-41(5,6)28-49-14-10-2)44-43-34-11-12-36-37(24-34)52-21-19-48-17-18-50-27-40(3,4)29-51-30-42(7,8)31-54-36/h11-12,23-25,45H,9-10,13-22,26-32H2,1-8H3. The second-order valence-corrected chi connectivity index (χ2v) is 16.1. The predicted molar refractivity (Wildman–Crippen MR) is 212 cm³/mol. The minimum absolute atomic E-state index is 0.116. The number of rotatable bonds is 19. The third kappa shape index (κ3) is 18.6. The van der Waals surface area contributed by atoms with Crippen LogP contribution in [0.25, 0.3) is 0 Å². The fourth-order valence-corrected chi connectivity index (χ4v) is 5.21. The maximum Gasteiger partial charge on any atom is 0.166 e. The fraction of sp³-hybridized carbons (Fsp3) is 0.714. The Morgan fingerprint density at radius 1 is 0.636 bits per heavy atom. The Balaban J connectivity index is 1.81. The van der Waals surface area contributed by atoms with Crippen molar-refractivity contribution in [2.75, 3.05) is 106 Å². The van der Waals surface area contributed by atoms with Crippen molar-refractivity contribution in [2.45, 2.75) is 74.8 Å². The molecule has 0 unspecified atom stereocenters. The zero-order chi connectivity index (χ0) is 40.0. The summed E-state index contributed by atoms with van der Waals surface area (Å²) in [4.78, 5) is 0. The number of benzene rings is 2. The monoisotopic (exact) mass is 776 g/mol. The van der Waals surface area contributed by atoms with E-state index in [1.807, 2.05) is 12.1 Å². The van der Waals surface area contributed by atoms with Gasteiger partial charge in [0.05, 0.1) is 97.3 Å². The zero-order valence-electron chi connectivity index (χ0n) is 34.7. The maximum atomic E-state index is 10.4. The van der Waals surface area contributed by atoms with Gasteiger partial charge in [-0.25, -0.2) is 0 Å². The molecule has 0 aliphatic carbocycles. The van der Waals surface area contributed by atoms with Crippen molar-refractivity contribution in [3.05, 3.63) is 35.9 Å². The number of aliphatic hydroxyl groups is 1. The van der Waals surface area contributed by atoms with Crippen molar-refractivity contribution in [2.24, 2.45) is 26.5 Å². The van der Waals surface area contributed by atoms with Crippen LogP contribution in [-0.4, -0.2) is 111 Å². The van der Waals surface area contributed by atoms with E-state index < -0.39 is 0 Å². The molecule has 0 fully saturated rings. The molecule has 0 radical (unpaired) electrons. The molecule has 55 heavy (non-hydrogen) atoms. The Labute approximate surface area is 329 Å². The van der Waals surface area contributed by atoms with Crippen molar-refractivity contribution in [3.63, 3.8) is 0 Å². The van der Waals surface area contributed by atoms with Crippen LogP contribution in [-0.2, 0) is 35.0 Å². The first-order chi connectivity index (χ1) is 26.4. The summed E-state index contributed by atoms with van der Waals surface area (Å²) in [5, 5.41) is 19.5. The van der Waals surface area contributed by atoms with Crippen LogP contribution in [0, 0.1) is 16.2 Å². The Hall–Kier alpha value is -3.04. The number of aliphatic hydroxyl groups excluding tert-OH is 1. The summed E-state index contributed by atoms with van der Waals surface area (Å²) >= 11 is 0. The molecule has 1 aliphatic heterocycles. The molecule has 13 nitrogen and oxygen atoms in total. The van der Waals surface area contributed by atoms with Gasteiger partial charge in [-0.2, -0.15) is 10.2 Å². The van der Waals surface area contributed by atoms with Gasteiger partial charge in [0.25, 0.3) is 0 Å². The van der Waals surface area contributed by atoms with E-state index in [1.165, 1.54) is 0 Å². The van der Waals surface area contributed by atoms with Crippen LogP contribution in [0.2, 0.25) is 0 Å². The van der Waals surface area contributed by atoms with Crippen LogP contribution < -0.4 is 18.9 Å². The summed E-state index contributed by atoms with van der Waals surface area (Å²) < 4.78 is 59.6. The van der Waals surface area contributed by atoms with Gasteiger partial charge in [0, 0.05) is 47.2 Å². The summed E-state index contributed by atoms with van der Waals surface area (Å²) in [7, 11) is 0. The highest BCUT2D eigenvalue weighted by Gasteiger charge is 2.25. The molecular formula is C42H68N2O11. The topological polar surface area (TPSA) is 137 Å². The largest absolute Gasteiger partial charge is 0.489 e. The van der Waals surface area contributed by atoms with Gasteiger partial charge in [-0.05, 0) is 31.0 Å². The summed E-state index contributed by atoms with van der Waals surface area (Å²) in [5.41, 5.74) is 0.907. The number of ether oxygens (including phenoxy) is 10. The molecule has 13 heteroatoms. The Morgan fingerprint density at radius 2 is 1.27 bits per heavy atom. The normalized spacial score (nSPS) is 17.2. The molecule has 2 aromatic rings. The Kier molecular flexibility index (Phi) is 20.7. The Morgan fingerprint density at radius 3 is 2.02 bits per heavy atom. The molecule has 0 atom stereocenters. The molecule has 0 saturated carbocycles. The van der Waals surface area contributed by atoms with E-state index in [-0.39, 0.29) is 29.5 Å². The minimum atomic E-state index is -0.287. The van der Waals surface area contributed by atoms with Crippen molar-refractivity contribution in [1.29, 1.82) is 0 Å². The van der Waals surface area contributed by atoms with Crippen LogP contribution in [0.15, 0.2) is 40.6 Å². The van der Waals surface area contributed by atoms with E-state index >= 15 is 0 Å². The van der Waals surface area contributed by atoms with Gasteiger partial charge < -0.3 is 52.5 Å². The van der Waals surface area contributed by atoms with Gasteiger partial charge in [0.2, 0.25) is 0 Å². The summed E-state index contributed by atoms with van der Waals surface area (Å²) in [6, 6.07) is 8.93. The lowest BCUT2D eigenvalue weighted by Gasteiger charge is -2.29. The number of hydrogen-bond acceptors (Lipinski definition) is 13. The third-order valence-corrected chi connectivity index (χ3v) is 8.10. The van der Waals surface area contributed by atoms with Crippen LogP contribution >= 0.6 is 0 Å². The first-order valence-electron chi connectivity index (χ1n) is 19.7. The van der Waals surface area contributed by atoms with Crippen LogP contribution in [0.3, 0.4) is 0 Å². The smallest absolute Gasteiger partial charge is 0.166 e. The van der Waals surface area contributed by atoms with Crippen LogP contribution in [0.5, 0.6) is 23.0 Å². The van der Waals surface area contributed by atoms with E-state index in [0.717, 1.165) is 12.8 Å². The van der Waals surface area contributed by atoms with Gasteiger partial charge in [-0.1, -0.05) is 55.4 Å². The molecule has 312 valence electrons. The van der Waals surface area contributed by atoms with Gasteiger partial charge >= 0.3 is 0 Å². The summed E-state index contributed by atoms with van der Waals surface area (Å²) in [6.45, 7) is 24.1. The number of fused-ring (bicyclic) bond motifs is 1. The SMILES string of the molecule is CCCOCCOCCOc1cc(N=Nc2ccc3c(c2)OCCOCCOCC(C)(C)COCC(C)(C)CO3)cc(CO)c1OCC(C)(C)COCCC. The predicted octanol–water partition coefficient (Wildman–Crippen LogP) is 8.12. The van der Waals surface area contributed by atoms with E-state index in [9.17, 15) is 5.11 Å². The molecule has 0 amide bonds. The molecule has 0 bridgehead atoms. The molecule has 1 N–H and O–H groups in total. The highest BCUT2D eigenvalue weighted by Crippen LogP contribution is 2.39. The summed E-state index contributed by atoms with van der Waals surface area (Å²) in [5.74, 6) is 1.98. The molecule has 0 saturated heterocycles. The van der Waals surface area contributed by atoms with E-state index in [4.69, 9.17) is 47.4 Å². The van der Waals surface area contributed by atoms with Gasteiger partial charge in [0.1, 0.15) is 13.2 Å². The number of hydrogen-bond donors (Lipinski definition) is 1. The Bertz CT molecular complexity index is 1400. The molecule has 3 rings (SSSR count). The lowest BCUT2D eigenvalue weighted by molar-refractivity contribution is -0.0420. The average Bonchev–Trinajstić information content (AvgIpc) is 3.14. The molecule has 0 aromatic heterocycles. The second-order valence-electron chi connectivity index (χ2n) is 16.1. The highest BCUT2D eigenvalue weighted by atomic mass is 16.6. The summed E-state index contributed by atoms with van der Waals surface area (Å²) in [6.07, 6.45) is 1.90. The minimum Gasteiger partial charge on any atom is -0.489 e. The van der Waals surface area contributed by atoms with Crippen molar-refractivity contribution >= 4 is 11.4 Å². The maximum absolute atomic E-state index is 10.4. The van der Waals surface area contributed by atoms with Gasteiger partial charge in [-0.3, -0.25) is 0 Å². The van der Waals surface area contributed by atoms with Gasteiger partial charge in [0.15, 0.2) is 23.0 Å². The fourth-order valence-electron chi connectivity index (χ4n) is 5.21. The van der Waals surface area contributed by atoms with E-state index in [0.29, 0.717) is 139 Å². The zero-order valence-corrected chi connectivity index (χ0v) is 34.7. The molecule has 1 heterocycles. The van der Waals surface area contributed by atoms with E-state index in [2.05, 4.69) is 65.6 Å². The first kappa shape index (κ1) is 46.3. The lowest BCUT2D eigenvalue weighted by atomic mass is 9.94. The second kappa shape index (κ2) is 24.6. The van der Waals surface area contributed by atoms with Crippen molar-refractivity contribution in [1.82, 2.24) is 0 Å². The molecular weight excluding hydrogens is 708 g/mol. The van der Waals surface area contributed by atoms with Crippen LogP contribution in [0.1, 0.15) is 73.8 Å². The third-order valence-electron chi connectivity index (χ3n) is 8.10. The lowest BCUT2D eigenvalue weighted by Crippen LogP contribution is -2.32. The average molecular weight is 777 g/mol. The van der Waals surface area contributed by atoms with E-state index in [1.54, 1.807) is 18.2 Å². The van der Waals surface area contributed by atoms with Gasteiger partial charge in [-0.15, -0.1) is 0 Å². The highest BCUT2D eigenvalue weighted by molar-refractivity contribution is 5.57.